The second-order valence-electron chi connectivity index (χ2n) is 4.11. The number of benzene rings is 1. The van der Waals surface area contributed by atoms with E-state index in [-0.39, 0.29) is 5.56 Å². The highest BCUT2D eigenvalue weighted by atomic mass is 19.4. The van der Waals surface area contributed by atoms with E-state index in [9.17, 15) is 27.9 Å². The molecule has 0 aliphatic heterocycles. The van der Waals surface area contributed by atoms with Crippen molar-refractivity contribution in [3.8, 4) is 0 Å². The lowest BCUT2D eigenvalue weighted by molar-refractivity contribution is -0.142. The third kappa shape index (κ3) is 3.95. The third-order valence-corrected chi connectivity index (χ3v) is 2.49. The number of carbonyl (C=O) groups is 2. The molecular weight excluding hydrogens is 279 g/mol. The van der Waals surface area contributed by atoms with Crippen LogP contribution >= 0.6 is 0 Å². The molecule has 8 heteroatoms. The molecule has 5 nitrogen and oxygen atoms in total. The summed E-state index contributed by atoms with van der Waals surface area (Å²) in [5, 5.41) is 19.9. The van der Waals surface area contributed by atoms with E-state index in [1.54, 1.807) is 0 Å². The van der Waals surface area contributed by atoms with Crippen LogP contribution in [0.25, 0.3) is 0 Å². The van der Waals surface area contributed by atoms with Crippen molar-refractivity contribution in [1.29, 1.82) is 0 Å². The van der Waals surface area contributed by atoms with E-state index in [1.807, 2.05) is 5.32 Å². The average Bonchev–Trinajstić information content (AvgIpc) is 2.34. The zero-order valence-electron chi connectivity index (χ0n) is 10.3. The molecule has 2 unspecified atom stereocenters. The van der Waals surface area contributed by atoms with E-state index < -0.39 is 35.8 Å². The summed E-state index contributed by atoms with van der Waals surface area (Å²) < 4.78 is 37.5. The number of amides is 1. The Balaban J connectivity index is 2.96. The summed E-state index contributed by atoms with van der Waals surface area (Å²) in [4.78, 5) is 22.5. The first-order valence-electron chi connectivity index (χ1n) is 5.52. The standard InChI is InChI=1S/C12H12F3NO4/c1-6(17)9(11(19)20)16-10(18)7-3-2-4-8(5-7)12(13,14)15/h2-6,9,17H,1H3,(H,16,18)(H,19,20). The van der Waals surface area contributed by atoms with Crippen molar-refractivity contribution in [2.24, 2.45) is 0 Å². The van der Waals surface area contributed by atoms with Gasteiger partial charge >= 0.3 is 12.1 Å². The first-order chi connectivity index (χ1) is 9.12. The van der Waals surface area contributed by atoms with Gasteiger partial charge in [0.25, 0.3) is 5.91 Å². The van der Waals surface area contributed by atoms with Gasteiger partial charge in [0.05, 0.1) is 11.7 Å². The van der Waals surface area contributed by atoms with Gasteiger partial charge in [-0.15, -0.1) is 0 Å². The number of hydrogen-bond acceptors (Lipinski definition) is 3. The smallest absolute Gasteiger partial charge is 0.416 e. The Morgan fingerprint density at radius 2 is 1.90 bits per heavy atom. The summed E-state index contributed by atoms with van der Waals surface area (Å²) >= 11 is 0. The van der Waals surface area contributed by atoms with Gasteiger partial charge in [-0.25, -0.2) is 4.79 Å². The lowest BCUT2D eigenvalue weighted by Gasteiger charge is -2.17. The minimum atomic E-state index is -4.60. The topological polar surface area (TPSA) is 86.6 Å². The summed E-state index contributed by atoms with van der Waals surface area (Å²) in [6, 6.07) is 1.95. The van der Waals surface area contributed by atoms with E-state index in [0.717, 1.165) is 25.1 Å². The number of aliphatic hydroxyl groups is 1. The molecule has 0 spiro atoms. The fraction of sp³-hybridized carbons (Fsp3) is 0.333. The third-order valence-electron chi connectivity index (χ3n) is 2.49. The molecule has 0 aliphatic rings. The molecule has 0 bridgehead atoms. The van der Waals surface area contributed by atoms with Gasteiger partial charge in [-0.05, 0) is 25.1 Å². The number of nitrogens with one attached hydrogen (secondary N) is 1. The highest BCUT2D eigenvalue weighted by Gasteiger charge is 2.31. The molecule has 2 atom stereocenters. The molecule has 1 rings (SSSR count). The number of aliphatic hydroxyl groups excluding tert-OH is 1. The highest BCUT2D eigenvalue weighted by molar-refractivity contribution is 5.96. The predicted octanol–water partition coefficient (Wildman–Crippen LogP) is 1.27. The molecule has 0 radical (unpaired) electrons. The van der Waals surface area contributed by atoms with Crippen LogP contribution in [0.15, 0.2) is 24.3 Å². The van der Waals surface area contributed by atoms with Crippen LogP contribution in [0.2, 0.25) is 0 Å². The van der Waals surface area contributed by atoms with Crippen molar-refractivity contribution in [3.05, 3.63) is 35.4 Å². The maximum atomic E-state index is 12.5. The van der Waals surface area contributed by atoms with E-state index in [4.69, 9.17) is 5.11 Å². The maximum Gasteiger partial charge on any atom is 0.416 e. The normalized spacial score (nSPS) is 14.4. The van der Waals surface area contributed by atoms with E-state index in [0.29, 0.717) is 6.07 Å². The molecule has 0 heterocycles. The summed E-state index contributed by atoms with van der Waals surface area (Å²) in [5.74, 6) is -2.50. The van der Waals surface area contributed by atoms with Crippen molar-refractivity contribution >= 4 is 11.9 Å². The number of carbonyl (C=O) groups excluding carboxylic acids is 1. The number of carboxylic acids is 1. The number of hydrogen-bond donors (Lipinski definition) is 3. The summed E-state index contributed by atoms with van der Waals surface area (Å²) in [7, 11) is 0. The number of carboxylic acid groups (broad SMARTS) is 1. The molecule has 1 amide bonds. The molecule has 0 saturated carbocycles. The number of alkyl halides is 3. The summed E-state index contributed by atoms with van der Waals surface area (Å²) in [6.07, 6.45) is -5.99. The van der Waals surface area contributed by atoms with Crippen LogP contribution in [0.1, 0.15) is 22.8 Å². The molecule has 110 valence electrons. The van der Waals surface area contributed by atoms with E-state index >= 15 is 0 Å². The zero-order chi connectivity index (χ0) is 15.5. The highest BCUT2D eigenvalue weighted by Crippen LogP contribution is 2.29. The minimum absolute atomic E-state index is 0.341. The maximum absolute atomic E-state index is 12.5. The van der Waals surface area contributed by atoms with Gasteiger partial charge in [-0.3, -0.25) is 4.79 Å². The van der Waals surface area contributed by atoms with Gasteiger partial charge in [0.1, 0.15) is 0 Å². The molecule has 1 aromatic rings. The summed E-state index contributed by atoms with van der Waals surface area (Å²) in [5.41, 5.74) is -1.36. The van der Waals surface area contributed by atoms with Gasteiger partial charge in [-0.2, -0.15) is 13.2 Å². The Labute approximate surface area is 112 Å². The monoisotopic (exact) mass is 291 g/mol. The van der Waals surface area contributed by atoms with Crippen molar-refractivity contribution in [2.45, 2.75) is 25.2 Å². The fourth-order valence-corrected chi connectivity index (χ4v) is 1.45. The van der Waals surface area contributed by atoms with Crippen LogP contribution in [-0.4, -0.2) is 34.2 Å². The molecule has 0 aliphatic carbocycles. The van der Waals surface area contributed by atoms with Crippen LogP contribution < -0.4 is 5.32 Å². The van der Waals surface area contributed by atoms with Gasteiger partial charge < -0.3 is 15.5 Å². The van der Waals surface area contributed by atoms with Crippen LogP contribution in [0, 0.1) is 0 Å². The Bertz CT molecular complexity index is 514. The fourth-order valence-electron chi connectivity index (χ4n) is 1.45. The van der Waals surface area contributed by atoms with Gasteiger partial charge in [-0.1, -0.05) is 6.07 Å². The van der Waals surface area contributed by atoms with Crippen molar-refractivity contribution in [3.63, 3.8) is 0 Å². The Morgan fingerprint density at radius 1 is 1.30 bits per heavy atom. The van der Waals surface area contributed by atoms with E-state index in [2.05, 4.69) is 0 Å². The van der Waals surface area contributed by atoms with Crippen LogP contribution in [0.4, 0.5) is 13.2 Å². The molecule has 0 saturated heterocycles. The number of halogens is 3. The number of rotatable bonds is 4. The second-order valence-corrected chi connectivity index (χ2v) is 4.11. The lowest BCUT2D eigenvalue weighted by Crippen LogP contribution is -2.47. The van der Waals surface area contributed by atoms with Gasteiger partial charge in [0.2, 0.25) is 0 Å². The van der Waals surface area contributed by atoms with E-state index in [1.165, 1.54) is 0 Å². The Hall–Kier alpha value is -2.09. The molecule has 0 fully saturated rings. The van der Waals surface area contributed by atoms with Crippen LogP contribution in [0.5, 0.6) is 0 Å². The van der Waals surface area contributed by atoms with Gasteiger partial charge in [0.15, 0.2) is 6.04 Å². The van der Waals surface area contributed by atoms with Crippen molar-refractivity contribution in [1.82, 2.24) is 5.32 Å². The molecule has 3 N–H and O–H groups in total. The molecule has 20 heavy (non-hydrogen) atoms. The largest absolute Gasteiger partial charge is 0.480 e. The van der Waals surface area contributed by atoms with Crippen molar-refractivity contribution in [2.75, 3.05) is 0 Å². The SMILES string of the molecule is CC(O)C(NC(=O)c1cccc(C(F)(F)F)c1)C(=O)O. The van der Waals surface area contributed by atoms with Gasteiger partial charge in [0, 0.05) is 5.56 Å². The average molecular weight is 291 g/mol. The molecular formula is C12H12F3NO4. The van der Waals surface area contributed by atoms with Crippen molar-refractivity contribution < 1.29 is 33.0 Å². The molecule has 1 aromatic carbocycles. The number of aliphatic carboxylic acids is 1. The predicted molar refractivity (Wildman–Crippen MR) is 62.0 cm³/mol. The first kappa shape index (κ1) is 16.0. The zero-order valence-corrected chi connectivity index (χ0v) is 10.3. The Kier molecular flexibility index (Phi) is 4.72. The quantitative estimate of drug-likeness (QED) is 0.779. The Morgan fingerprint density at radius 3 is 2.35 bits per heavy atom. The minimum Gasteiger partial charge on any atom is -0.480 e. The van der Waals surface area contributed by atoms with Crippen LogP contribution in [0.3, 0.4) is 0 Å². The second kappa shape index (κ2) is 5.91. The van der Waals surface area contributed by atoms with Crippen LogP contribution in [-0.2, 0) is 11.0 Å². The molecule has 0 aromatic heterocycles. The first-order valence-corrected chi connectivity index (χ1v) is 5.52. The lowest BCUT2D eigenvalue weighted by atomic mass is 10.1. The summed E-state index contributed by atoms with van der Waals surface area (Å²) in [6.45, 7) is 1.14.